The molecule has 3 nitrogen and oxygen atoms in total. The Morgan fingerprint density at radius 1 is 1.58 bits per heavy atom. The summed E-state index contributed by atoms with van der Waals surface area (Å²) in [7, 11) is 0. The Balaban J connectivity index is 2.38. The molecule has 2 rings (SSSR count). The molecule has 1 atom stereocenters. The van der Waals surface area contributed by atoms with Gasteiger partial charge in [-0.3, -0.25) is 0 Å². The van der Waals surface area contributed by atoms with Gasteiger partial charge in [-0.2, -0.15) is 5.10 Å². The van der Waals surface area contributed by atoms with Crippen molar-refractivity contribution in [3.05, 3.63) is 12.3 Å². The maximum absolute atomic E-state index is 4.26. The number of aromatic nitrogens is 2. The molecule has 0 unspecified atom stereocenters. The summed E-state index contributed by atoms with van der Waals surface area (Å²) in [5.74, 6) is 1.61. The van der Waals surface area contributed by atoms with Crippen LogP contribution in [0.15, 0.2) is 17.3 Å². The van der Waals surface area contributed by atoms with Crippen LogP contribution in [-0.4, -0.2) is 16.0 Å². The van der Waals surface area contributed by atoms with Gasteiger partial charge in [0.15, 0.2) is 0 Å². The first-order valence-electron chi connectivity index (χ1n) is 4.35. The van der Waals surface area contributed by atoms with Crippen LogP contribution in [0.4, 0.5) is 5.82 Å². The number of fused-ring (bicyclic) bond motifs is 1. The number of rotatable bonds is 1. The second-order valence-corrected chi connectivity index (χ2v) is 3.49. The summed E-state index contributed by atoms with van der Waals surface area (Å²) in [5.41, 5.74) is 0. The molecule has 1 aromatic heterocycles. The van der Waals surface area contributed by atoms with Crippen molar-refractivity contribution < 1.29 is 0 Å². The van der Waals surface area contributed by atoms with Crippen molar-refractivity contribution in [2.75, 3.05) is 0 Å². The molecule has 1 aliphatic rings. The first kappa shape index (κ1) is 7.53. The van der Waals surface area contributed by atoms with Crippen LogP contribution in [0.3, 0.4) is 0 Å². The minimum Gasteiger partial charge on any atom is -0.244 e. The van der Waals surface area contributed by atoms with Gasteiger partial charge in [0.1, 0.15) is 5.82 Å². The molecule has 0 aliphatic carbocycles. The molecule has 0 amide bonds. The van der Waals surface area contributed by atoms with Gasteiger partial charge in [0, 0.05) is 18.7 Å². The molecule has 1 aliphatic heterocycles. The van der Waals surface area contributed by atoms with Gasteiger partial charge in [-0.15, -0.1) is 0 Å². The van der Waals surface area contributed by atoms with Gasteiger partial charge in [0.05, 0.1) is 12.2 Å². The molecule has 64 valence electrons. The highest BCUT2D eigenvalue weighted by atomic mass is 15.3. The Labute approximate surface area is 72.1 Å². The van der Waals surface area contributed by atoms with E-state index in [1.807, 2.05) is 23.2 Å². The average molecular weight is 163 g/mol. The van der Waals surface area contributed by atoms with E-state index in [1.54, 1.807) is 0 Å². The van der Waals surface area contributed by atoms with E-state index in [1.165, 1.54) is 0 Å². The Morgan fingerprint density at radius 3 is 3.17 bits per heavy atom. The third-order valence-corrected chi connectivity index (χ3v) is 2.30. The second-order valence-electron chi connectivity index (χ2n) is 3.49. The smallest absolute Gasteiger partial charge is 0.150 e. The van der Waals surface area contributed by atoms with Crippen molar-refractivity contribution in [3.8, 4) is 0 Å². The van der Waals surface area contributed by atoms with Crippen molar-refractivity contribution in [1.82, 2.24) is 9.78 Å². The molecule has 12 heavy (non-hydrogen) atoms. The van der Waals surface area contributed by atoms with Crippen LogP contribution in [-0.2, 0) is 0 Å². The first-order chi connectivity index (χ1) is 5.79. The molecule has 0 aromatic carbocycles. The number of nitrogens with zero attached hydrogens (tertiary/aromatic N) is 3. The minimum absolute atomic E-state index is 0.493. The van der Waals surface area contributed by atoms with Crippen LogP contribution in [0, 0.1) is 5.92 Å². The summed E-state index contributed by atoms with van der Waals surface area (Å²) in [6.07, 6.45) is 4.81. The van der Waals surface area contributed by atoms with Gasteiger partial charge in [-0.25, -0.2) is 9.67 Å². The van der Waals surface area contributed by atoms with Gasteiger partial charge in [0.25, 0.3) is 0 Å². The van der Waals surface area contributed by atoms with E-state index in [0.29, 0.717) is 12.0 Å². The lowest BCUT2D eigenvalue weighted by molar-refractivity contribution is 0.356. The lowest BCUT2D eigenvalue weighted by Gasteiger charge is -2.23. The van der Waals surface area contributed by atoms with Gasteiger partial charge in [0.2, 0.25) is 0 Å². The molecular weight excluding hydrogens is 150 g/mol. The summed E-state index contributed by atoms with van der Waals surface area (Å²) in [6.45, 7) is 4.44. The summed E-state index contributed by atoms with van der Waals surface area (Å²) < 4.78 is 2.02. The van der Waals surface area contributed by atoms with E-state index >= 15 is 0 Å². The summed E-state index contributed by atoms with van der Waals surface area (Å²) in [5, 5.41) is 4.26. The largest absolute Gasteiger partial charge is 0.244 e. The summed E-state index contributed by atoms with van der Waals surface area (Å²) in [6, 6.07) is 2.44. The highest BCUT2D eigenvalue weighted by Gasteiger charge is 2.20. The fourth-order valence-electron chi connectivity index (χ4n) is 1.57. The number of hydrogen-bond acceptors (Lipinski definition) is 2. The monoisotopic (exact) mass is 163 g/mol. The van der Waals surface area contributed by atoms with Crippen molar-refractivity contribution in [1.29, 1.82) is 0 Å². The molecule has 0 bridgehead atoms. The van der Waals surface area contributed by atoms with Crippen LogP contribution < -0.4 is 0 Å². The van der Waals surface area contributed by atoms with Crippen LogP contribution >= 0.6 is 0 Å². The number of hydrogen-bond donors (Lipinski definition) is 0. The van der Waals surface area contributed by atoms with Crippen LogP contribution in [0.5, 0.6) is 0 Å². The molecule has 3 heteroatoms. The molecule has 2 heterocycles. The highest BCUT2D eigenvalue weighted by molar-refractivity contribution is 5.64. The first-order valence-corrected chi connectivity index (χ1v) is 4.35. The van der Waals surface area contributed by atoms with E-state index < -0.39 is 0 Å². The van der Waals surface area contributed by atoms with E-state index in [-0.39, 0.29) is 0 Å². The average Bonchev–Trinajstić information content (AvgIpc) is 2.49. The second kappa shape index (κ2) is 2.73. The molecule has 0 spiro atoms. The van der Waals surface area contributed by atoms with E-state index in [4.69, 9.17) is 0 Å². The maximum atomic E-state index is 4.26. The fourth-order valence-corrected chi connectivity index (χ4v) is 1.57. The van der Waals surface area contributed by atoms with E-state index in [2.05, 4.69) is 23.9 Å². The zero-order valence-electron chi connectivity index (χ0n) is 7.44. The third kappa shape index (κ3) is 1.05. The molecular formula is C9H13N3. The van der Waals surface area contributed by atoms with Crippen molar-refractivity contribution >= 4 is 12.0 Å². The van der Waals surface area contributed by atoms with Crippen LogP contribution in [0.2, 0.25) is 0 Å². The predicted octanol–water partition coefficient (Wildman–Crippen LogP) is 2.19. The maximum Gasteiger partial charge on any atom is 0.150 e. The Hall–Kier alpha value is -1.12. The zero-order chi connectivity index (χ0) is 8.55. The molecule has 0 saturated heterocycles. The lowest BCUT2D eigenvalue weighted by atomic mass is 10.0. The van der Waals surface area contributed by atoms with Gasteiger partial charge >= 0.3 is 0 Å². The Bertz CT molecular complexity index is 298. The number of aliphatic imine (C=N–C) groups is 1. The van der Waals surface area contributed by atoms with Crippen molar-refractivity contribution in [2.24, 2.45) is 10.9 Å². The van der Waals surface area contributed by atoms with Crippen molar-refractivity contribution in [2.45, 2.75) is 26.3 Å². The Kier molecular flexibility index (Phi) is 1.71. The highest BCUT2D eigenvalue weighted by Crippen LogP contribution is 2.28. The third-order valence-electron chi connectivity index (χ3n) is 2.30. The van der Waals surface area contributed by atoms with Gasteiger partial charge < -0.3 is 0 Å². The zero-order valence-corrected chi connectivity index (χ0v) is 7.44. The summed E-state index contributed by atoms with van der Waals surface area (Å²) in [4.78, 5) is 4.26. The van der Waals surface area contributed by atoms with Crippen LogP contribution in [0.1, 0.15) is 26.3 Å². The van der Waals surface area contributed by atoms with Gasteiger partial charge in [-0.05, 0) is 5.92 Å². The summed E-state index contributed by atoms with van der Waals surface area (Å²) >= 11 is 0. The molecule has 0 fully saturated rings. The van der Waals surface area contributed by atoms with Crippen LogP contribution in [0.25, 0.3) is 0 Å². The van der Waals surface area contributed by atoms with Gasteiger partial charge in [-0.1, -0.05) is 13.8 Å². The SMILES string of the molecule is CC(C)[C@@H]1CC=Nc2ccnn21. The molecule has 0 N–H and O–H groups in total. The topological polar surface area (TPSA) is 30.2 Å². The standard InChI is InChI=1S/C9H13N3/c1-7(2)8-3-5-10-9-4-6-11-12(8)9/h4-8H,3H2,1-2H3/t8-/m0/s1. The molecule has 0 saturated carbocycles. The fraction of sp³-hybridized carbons (Fsp3) is 0.556. The van der Waals surface area contributed by atoms with E-state index in [0.717, 1.165) is 12.2 Å². The quantitative estimate of drug-likeness (QED) is 0.624. The molecule has 0 radical (unpaired) electrons. The Morgan fingerprint density at radius 2 is 2.42 bits per heavy atom. The van der Waals surface area contributed by atoms with Crippen molar-refractivity contribution in [3.63, 3.8) is 0 Å². The minimum atomic E-state index is 0.493. The van der Waals surface area contributed by atoms with E-state index in [9.17, 15) is 0 Å². The molecule has 1 aromatic rings. The predicted molar refractivity (Wildman–Crippen MR) is 48.9 cm³/mol. The lowest BCUT2D eigenvalue weighted by Crippen LogP contribution is -2.19. The normalized spacial score (nSPS) is 21.4.